The maximum absolute atomic E-state index is 12.0. The molecule has 5 nitrogen and oxygen atoms in total. The van der Waals surface area contributed by atoms with Gasteiger partial charge in [0.05, 0.1) is 18.1 Å². The van der Waals surface area contributed by atoms with Crippen LogP contribution in [0.3, 0.4) is 0 Å². The standard InChI is InChI=1S/C14H17NO4/c1-9-4-5-11(7-12(9)14(17)18)15-13(16)10-3-2-6-19-8-10/h4-5,7,10H,2-3,6,8H2,1H3,(H,15,16)(H,17,18). The molecule has 0 aliphatic carbocycles. The minimum absolute atomic E-state index is 0.111. The van der Waals surface area contributed by atoms with Crippen LogP contribution >= 0.6 is 0 Å². The number of amides is 1. The van der Waals surface area contributed by atoms with E-state index in [1.807, 2.05) is 0 Å². The lowest BCUT2D eigenvalue weighted by atomic mass is 10.0. The van der Waals surface area contributed by atoms with E-state index in [1.54, 1.807) is 19.1 Å². The number of ether oxygens (including phenoxy) is 1. The summed E-state index contributed by atoms with van der Waals surface area (Å²) in [4.78, 5) is 23.0. The number of carbonyl (C=O) groups excluding carboxylic acids is 1. The van der Waals surface area contributed by atoms with Crippen LogP contribution in [0, 0.1) is 12.8 Å². The predicted octanol–water partition coefficient (Wildman–Crippen LogP) is 2.06. The van der Waals surface area contributed by atoms with Gasteiger partial charge in [-0.2, -0.15) is 0 Å². The van der Waals surface area contributed by atoms with Gasteiger partial charge in [-0.15, -0.1) is 0 Å². The highest BCUT2D eigenvalue weighted by atomic mass is 16.5. The van der Waals surface area contributed by atoms with E-state index < -0.39 is 5.97 Å². The SMILES string of the molecule is Cc1ccc(NC(=O)C2CCCOC2)cc1C(=O)O. The molecule has 1 heterocycles. The first-order valence-electron chi connectivity index (χ1n) is 6.30. The molecule has 0 aromatic heterocycles. The number of carboxylic acid groups (broad SMARTS) is 1. The van der Waals surface area contributed by atoms with Crippen molar-refractivity contribution in [1.29, 1.82) is 0 Å². The van der Waals surface area contributed by atoms with Crippen molar-refractivity contribution in [2.75, 3.05) is 18.5 Å². The van der Waals surface area contributed by atoms with E-state index in [4.69, 9.17) is 9.84 Å². The molecule has 5 heteroatoms. The van der Waals surface area contributed by atoms with Gasteiger partial charge in [-0.1, -0.05) is 6.07 Å². The third-order valence-corrected chi connectivity index (χ3v) is 3.27. The van der Waals surface area contributed by atoms with Crippen LogP contribution in [0.5, 0.6) is 0 Å². The Hall–Kier alpha value is -1.88. The lowest BCUT2D eigenvalue weighted by Crippen LogP contribution is -2.30. The van der Waals surface area contributed by atoms with E-state index in [9.17, 15) is 9.59 Å². The molecule has 1 aromatic rings. The Bertz CT molecular complexity index is 492. The van der Waals surface area contributed by atoms with Crippen LogP contribution in [-0.2, 0) is 9.53 Å². The third-order valence-electron chi connectivity index (χ3n) is 3.27. The van der Waals surface area contributed by atoms with Gasteiger partial charge in [0.25, 0.3) is 0 Å². The van der Waals surface area contributed by atoms with Gasteiger partial charge in [-0.3, -0.25) is 4.79 Å². The van der Waals surface area contributed by atoms with E-state index in [2.05, 4.69) is 5.32 Å². The van der Waals surface area contributed by atoms with E-state index >= 15 is 0 Å². The highest BCUT2D eigenvalue weighted by Crippen LogP contribution is 2.19. The molecule has 2 N–H and O–H groups in total. The molecular weight excluding hydrogens is 246 g/mol. The summed E-state index contributed by atoms with van der Waals surface area (Å²) in [7, 11) is 0. The molecule has 2 rings (SSSR count). The zero-order chi connectivity index (χ0) is 13.8. The molecule has 1 amide bonds. The average molecular weight is 263 g/mol. The fourth-order valence-corrected chi connectivity index (χ4v) is 2.12. The second kappa shape index (κ2) is 5.84. The molecule has 1 fully saturated rings. The van der Waals surface area contributed by atoms with Crippen molar-refractivity contribution in [3.8, 4) is 0 Å². The van der Waals surface area contributed by atoms with Crippen LogP contribution in [0.15, 0.2) is 18.2 Å². The molecule has 1 saturated heterocycles. The van der Waals surface area contributed by atoms with Crippen molar-refractivity contribution < 1.29 is 19.4 Å². The van der Waals surface area contributed by atoms with Gasteiger partial charge in [0.1, 0.15) is 0 Å². The molecule has 1 aliphatic heterocycles. The Kier molecular flexibility index (Phi) is 4.16. The minimum atomic E-state index is -0.991. The van der Waals surface area contributed by atoms with Crippen molar-refractivity contribution in [1.82, 2.24) is 0 Å². The zero-order valence-electron chi connectivity index (χ0n) is 10.8. The number of nitrogens with one attached hydrogen (secondary N) is 1. The quantitative estimate of drug-likeness (QED) is 0.875. The van der Waals surface area contributed by atoms with Gasteiger partial charge in [0.15, 0.2) is 0 Å². The lowest BCUT2D eigenvalue weighted by Gasteiger charge is -2.21. The van der Waals surface area contributed by atoms with Gasteiger partial charge in [0, 0.05) is 12.3 Å². The van der Waals surface area contributed by atoms with Crippen LogP contribution in [0.25, 0.3) is 0 Å². The van der Waals surface area contributed by atoms with E-state index in [0.717, 1.165) is 12.8 Å². The van der Waals surface area contributed by atoms with Crippen LogP contribution in [0.4, 0.5) is 5.69 Å². The number of rotatable bonds is 3. The summed E-state index contributed by atoms with van der Waals surface area (Å²) >= 11 is 0. The number of carboxylic acids is 1. The van der Waals surface area contributed by atoms with E-state index in [-0.39, 0.29) is 17.4 Å². The molecule has 1 atom stereocenters. The number of aromatic carboxylic acids is 1. The molecule has 0 radical (unpaired) electrons. The van der Waals surface area contributed by atoms with E-state index in [0.29, 0.717) is 24.5 Å². The maximum atomic E-state index is 12.0. The summed E-state index contributed by atoms with van der Waals surface area (Å²) in [6, 6.07) is 4.89. The number of anilines is 1. The van der Waals surface area contributed by atoms with Crippen LogP contribution < -0.4 is 5.32 Å². The van der Waals surface area contributed by atoms with Crippen molar-refractivity contribution in [3.63, 3.8) is 0 Å². The molecule has 102 valence electrons. The smallest absolute Gasteiger partial charge is 0.336 e. The van der Waals surface area contributed by atoms with E-state index in [1.165, 1.54) is 6.07 Å². The monoisotopic (exact) mass is 263 g/mol. The summed E-state index contributed by atoms with van der Waals surface area (Å²) < 4.78 is 5.27. The van der Waals surface area contributed by atoms with Crippen molar-refractivity contribution in [2.45, 2.75) is 19.8 Å². The highest BCUT2D eigenvalue weighted by molar-refractivity contribution is 5.95. The fourth-order valence-electron chi connectivity index (χ4n) is 2.12. The largest absolute Gasteiger partial charge is 0.478 e. The number of benzene rings is 1. The first-order valence-corrected chi connectivity index (χ1v) is 6.30. The lowest BCUT2D eigenvalue weighted by molar-refractivity contribution is -0.123. The Labute approximate surface area is 111 Å². The molecule has 1 aliphatic rings. The molecule has 19 heavy (non-hydrogen) atoms. The van der Waals surface area contributed by atoms with Crippen molar-refractivity contribution in [2.24, 2.45) is 5.92 Å². The number of carbonyl (C=O) groups is 2. The van der Waals surface area contributed by atoms with Gasteiger partial charge in [-0.25, -0.2) is 4.79 Å². The van der Waals surface area contributed by atoms with Crippen molar-refractivity contribution in [3.05, 3.63) is 29.3 Å². The highest BCUT2D eigenvalue weighted by Gasteiger charge is 2.22. The van der Waals surface area contributed by atoms with Crippen LogP contribution in [-0.4, -0.2) is 30.2 Å². The molecule has 0 bridgehead atoms. The average Bonchev–Trinajstić information content (AvgIpc) is 2.41. The Morgan fingerprint density at radius 1 is 1.42 bits per heavy atom. The molecule has 1 aromatic carbocycles. The molecule has 1 unspecified atom stereocenters. The summed E-state index contributed by atoms with van der Waals surface area (Å²) in [5.74, 6) is -1.25. The summed E-state index contributed by atoms with van der Waals surface area (Å²) in [5.41, 5.74) is 1.39. The van der Waals surface area contributed by atoms with Crippen LogP contribution in [0.2, 0.25) is 0 Å². The Morgan fingerprint density at radius 3 is 2.84 bits per heavy atom. The first kappa shape index (κ1) is 13.5. The predicted molar refractivity (Wildman–Crippen MR) is 70.3 cm³/mol. The second-order valence-corrected chi connectivity index (χ2v) is 4.74. The van der Waals surface area contributed by atoms with Gasteiger partial charge < -0.3 is 15.2 Å². The topological polar surface area (TPSA) is 75.6 Å². The van der Waals surface area contributed by atoms with Gasteiger partial charge in [-0.05, 0) is 37.5 Å². The summed E-state index contributed by atoms with van der Waals surface area (Å²) in [6.45, 7) is 2.87. The third kappa shape index (κ3) is 3.32. The van der Waals surface area contributed by atoms with Crippen molar-refractivity contribution >= 4 is 17.6 Å². The number of aryl methyl sites for hydroxylation is 1. The number of hydrogen-bond donors (Lipinski definition) is 2. The maximum Gasteiger partial charge on any atom is 0.336 e. The molecular formula is C14H17NO4. The first-order chi connectivity index (χ1) is 9.08. The second-order valence-electron chi connectivity index (χ2n) is 4.74. The zero-order valence-corrected chi connectivity index (χ0v) is 10.8. The normalized spacial score (nSPS) is 18.9. The molecule has 0 spiro atoms. The van der Waals surface area contributed by atoms with Gasteiger partial charge in [0.2, 0.25) is 5.91 Å². The summed E-state index contributed by atoms with van der Waals surface area (Å²) in [5, 5.41) is 11.8. The summed E-state index contributed by atoms with van der Waals surface area (Å²) in [6.07, 6.45) is 1.69. The van der Waals surface area contributed by atoms with Crippen LogP contribution in [0.1, 0.15) is 28.8 Å². The Morgan fingerprint density at radius 2 is 2.21 bits per heavy atom. The molecule has 0 saturated carbocycles. The number of hydrogen-bond acceptors (Lipinski definition) is 3. The van der Waals surface area contributed by atoms with Gasteiger partial charge >= 0.3 is 5.97 Å². The minimum Gasteiger partial charge on any atom is -0.478 e. The fraction of sp³-hybridized carbons (Fsp3) is 0.429. The Balaban J connectivity index is 2.08.